The number of imide groups is 1. The van der Waals surface area contributed by atoms with Crippen LogP contribution in [-0.2, 0) is 0 Å². The summed E-state index contributed by atoms with van der Waals surface area (Å²) in [6, 6.07) is 86.7. The van der Waals surface area contributed by atoms with Crippen LogP contribution < -0.4 is 11.1 Å². The normalized spacial score (nSPS) is 11.7. The van der Waals surface area contributed by atoms with Crippen molar-refractivity contribution < 1.29 is 24.0 Å². The highest BCUT2D eigenvalue weighted by atomic mass is 32.1. The van der Waals surface area contributed by atoms with E-state index in [-0.39, 0.29) is 24.0 Å². The zero-order valence-corrected chi connectivity index (χ0v) is 53.7. The topological polar surface area (TPSA) is 184 Å². The predicted octanol–water partition coefficient (Wildman–Crippen LogP) is 19.7. The van der Waals surface area contributed by atoms with Crippen molar-refractivity contribution in [1.29, 1.82) is 0 Å². The van der Waals surface area contributed by atoms with Gasteiger partial charge in [0.15, 0.2) is 11.6 Å². The van der Waals surface area contributed by atoms with Crippen LogP contribution >= 0.6 is 22.7 Å². The van der Waals surface area contributed by atoms with E-state index in [1.54, 1.807) is 66.0 Å². The number of nitrogens with one attached hydrogen (secondary N) is 3. The molecule has 1 aliphatic rings. The van der Waals surface area contributed by atoms with E-state index < -0.39 is 11.8 Å². The largest absolute Gasteiger partial charge is 0.385 e. The summed E-state index contributed by atoms with van der Waals surface area (Å²) >= 11 is 3.30. The summed E-state index contributed by atoms with van der Waals surface area (Å²) in [6.07, 6.45) is 3.95. The van der Waals surface area contributed by atoms with Crippen LogP contribution in [0, 0.1) is 6.92 Å². The van der Waals surface area contributed by atoms with Crippen LogP contribution in [0.5, 0.6) is 0 Å². The number of ketones is 2. The number of aryl methyl sites for hydroxylation is 1. The maximum Gasteiger partial charge on any atom is 0.261 e. The van der Waals surface area contributed by atoms with Crippen LogP contribution in [0.2, 0.25) is 0 Å². The minimum atomic E-state index is -0.413. The Morgan fingerprint density at radius 1 is 0.427 bits per heavy atom. The molecule has 0 atom stereocenters. The van der Waals surface area contributed by atoms with Gasteiger partial charge in [0.2, 0.25) is 0 Å². The smallest absolute Gasteiger partial charge is 0.261 e. The number of nitrogens with zero attached hydrogens (tertiary/aromatic N) is 3. The fourth-order valence-electron chi connectivity index (χ4n) is 12.3. The van der Waals surface area contributed by atoms with E-state index in [0.717, 1.165) is 96.5 Å². The van der Waals surface area contributed by atoms with E-state index in [0.29, 0.717) is 33.9 Å². The van der Waals surface area contributed by atoms with Gasteiger partial charge < -0.3 is 21.0 Å². The molecule has 4 aromatic heterocycles. The Hall–Kier alpha value is -12.2. The van der Waals surface area contributed by atoms with Gasteiger partial charge >= 0.3 is 0 Å². The minimum Gasteiger partial charge on any atom is -0.385 e. The van der Waals surface area contributed by atoms with Gasteiger partial charge in [-0.15, -0.1) is 22.7 Å². The van der Waals surface area contributed by atoms with Crippen LogP contribution in [-0.4, -0.2) is 60.7 Å². The Bertz CT molecular complexity index is 5580. The van der Waals surface area contributed by atoms with Crippen LogP contribution in [0.25, 0.3) is 107 Å². The molecule has 0 unspecified atom stereocenters. The van der Waals surface area contributed by atoms with Gasteiger partial charge in [0.05, 0.1) is 49.2 Å². The standard InChI is InChI=1S/C29H21N3OS.C21H15N3S.C20H13NO3.C12H10O/c1-18-9-2-4-12-20(18)28(33)32-27-26(29-31-24-15-6-7-16-25(24)34-29)23(17-30-27)22-14-8-11-19-10-3-5-13-21(19)22;22-20-19(21-24-17-10-3-4-11-18(17)25-21)16(12-23-20)15-9-5-7-13-6-1-2-8-14(13)15;22-18(15-11-5-7-13-6-1-2-8-14(13)15)12-21-19(23)16-9-3-4-10-17(16)20(21)24;1-9(13)11-8-4-6-10-5-2-3-7-12(10)11/h2-17,30H,1H3,(H,32,33);1-12,23H,22H2;1-11H,12H2;2-8H,1H3. The third-order valence-corrected chi connectivity index (χ3v) is 19.1. The first-order valence-corrected chi connectivity index (χ1v) is 32.8. The number of aromatic nitrogens is 4. The second kappa shape index (κ2) is 26.8. The average molecular weight is 1290 g/mol. The SMILES string of the molecule is CC(=O)c1cccc2ccccc12.Cc1ccccc1C(=O)Nc1[nH]cc(-c2cccc3ccccc23)c1-c1nc2ccccc2s1.Nc1[nH]cc(-c2cccc3ccccc23)c1-c1nc2ccccc2s1.O=C(CN1C(=O)c2ccccc2C1=O)c1cccc2ccccc12. The number of nitrogens with two attached hydrogens (primary N) is 1. The lowest BCUT2D eigenvalue weighted by atomic mass is 9.97. The number of nitrogen functional groups attached to an aromatic ring is 1. The van der Waals surface area contributed by atoms with Crippen LogP contribution in [0.1, 0.15) is 64.3 Å². The zero-order chi connectivity index (χ0) is 65.8. The molecule has 464 valence electrons. The zero-order valence-electron chi connectivity index (χ0n) is 52.0. The third-order valence-electron chi connectivity index (χ3n) is 17.0. The summed E-state index contributed by atoms with van der Waals surface area (Å²) in [5, 5.41) is 13.6. The minimum absolute atomic E-state index is 0.122. The first-order valence-electron chi connectivity index (χ1n) is 31.1. The lowest BCUT2D eigenvalue weighted by molar-refractivity contribution is 0.0624. The Morgan fingerprint density at radius 3 is 1.36 bits per heavy atom. The number of fused-ring (bicyclic) bond motifs is 7. The van der Waals surface area contributed by atoms with Gasteiger partial charge in [0.1, 0.15) is 21.7 Å². The van der Waals surface area contributed by atoms with Crippen molar-refractivity contribution in [3.05, 3.63) is 313 Å². The molecule has 5 heterocycles. The Labute approximate surface area is 560 Å². The van der Waals surface area contributed by atoms with Gasteiger partial charge in [-0.2, -0.15) is 0 Å². The maximum absolute atomic E-state index is 13.2. The van der Waals surface area contributed by atoms with Gasteiger partial charge in [0, 0.05) is 40.2 Å². The highest BCUT2D eigenvalue weighted by Gasteiger charge is 2.36. The van der Waals surface area contributed by atoms with Crippen LogP contribution in [0.4, 0.5) is 11.6 Å². The second-order valence-electron chi connectivity index (χ2n) is 23.0. The number of carbonyl (C=O) groups excluding carboxylic acids is 5. The molecule has 16 aromatic rings. The number of anilines is 2. The van der Waals surface area contributed by atoms with Gasteiger partial charge in [-0.05, 0) is 116 Å². The molecular formula is C82H59N7O5S2. The number of hydrogen-bond donors (Lipinski definition) is 4. The molecule has 96 heavy (non-hydrogen) atoms. The monoisotopic (exact) mass is 1290 g/mol. The highest BCUT2D eigenvalue weighted by Crippen LogP contribution is 2.45. The first kappa shape index (κ1) is 61.3. The second-order valence-corrected chi connectivity index (χ2v) is 25.1. The third kappa shape index (κ3) is 12.1. The molecule has 0 saturated heterocycles. The van der Waals surface area contributed by atoms with Crippen molar-refractivity contribution in [2.75, 3.05) is 17.6 Å². The number of rotatable bonds is 10. The molecule has 14 heteroatoms. The number of hydrogen-bond acceptors (Lipinski definition) is 10. The molecule has 1 aliphatic heterocycles. The fraction of sp³-hybridized carbons (Fsp3) is 0.0366. The Kier molecular flexibility index (Phi) is 17.1. The van der Waals surface area contributed by atoms with Crippen LogP contribution in [0.3, 0.4) is 0 Å². The Morgan fingerprint density at radius 2 is 0.823 bits per heavy atom. The number of Topliss-reactive ketones (excluding diaryl/α,β-unsaturated/α-hetero) is 2. The molecular weight excluding hydrogens is 1230 g/mol. The summed E-state index contributed by atoms with van der Waals surface area (Å²) in [7, 11) is 0. The first-order chi connectivity index (χ1) is 46.9. The summed E-state index contributed by atoms with van der Waals surface area (Å²) in [6.45, 7) is 3.29. The lowest BCUT2D eigenvalue weighted by Crippen LogP contribution is -2.34. The van der Waals surface area contributed by atoms with Crippen molar-refractivity contribution in [3.8, 4) is 43.4 Å². The predicted molar refractivity (Wildman–Crippen MR) is 392 cm³/mol. The van der Waals surface area contributed by atoms with Crippen molar-refractivity contribution in [2.24, 2.45) is 0 Å². The van der Waals surface area contributed by atoms with Crippen molar-refractivity contribution >= 4 is 127 Å². The van der Waals surface area contributed by atoms with Crippen molar-refractivity contribution in [1.82, 2.24) is 24.8 Å². The number of amides is 3. The van der Waals surface area contributed by atoms with E-state index in [9.17, 15) is 24.0 Å². The molecule has 0 radical (unpaired) electrons. The molecule has 0 aliphatic carbocycles. The van der Waals surface area contributed by atoms with Crippen molar-refractivity contribution in [2.45, 2.75) is 13.8 Å². The molecule has 3 amide bonds. The fourth-order valence-corrected chi connectivity index (χ4v) is 14.4. The number of carbonyl (C=O) groups is 5. The number of H-pyrrole nitrogens is 2. The molecule has 12 nitrogen and oxygen atoms in total. The van der Waals surface area contributed by atoms with Gasteiger partial charge in [-0.25, -0.2) is 9.97 Å². The van der Waals surface area contributed by atoms with E-state index in [4.69, 9.17) is 15.7 Å². The summed E-state index contributed by atoms with van der Waals surface area (Å²) in [4.78, 5) is 79.2. The number of benzene rings is 12. The quantitative estimate of drug-likeness (QED) is 0.0770. The van der Waals surface area contributed by atoms with Crippen LogP contribution in [0.15, 0.2) is 279 Å². The average Bonchev–Trinajstić information content (AvgIpc) is 1.58. The number of thiazole rings is 2. The van der Waals surface area contributed by atoms with Crippen molar-refractivity contribution in [3.63, 3.8) is 0 Å². The summed E-state index contributed by atoms with van der Waals surface area (Å²) < 4.78 is 2.28. The van der Waals surface area contributed by atoms with E-state index in [1.165, 1.54) is 26.4 Å². The number of aromatic amines is 2. The van der Waals surface area contributed by atoms with Gasteiger partial charge in [-0.3, -0.25) is 28.9 Å². The highest BCUT2D eigenvalue weighted by molar-refractivity contribution is 7.22. The molecule has 0 saturated carbocycles. The van der Waals surface area contributed by atoms with Gasteiger partial charge in [-0.1, -0.05) is 224 Å². The van der Waals surface area contributed by atoms with E-state index in [1.807, 2.05) is 159 Å². The van der Waals surface area contributed by atoms with E-state index in [2.05, 4.69) is 106 Å². The molecule has 0 spiro atoms. The summed E-state index contributed by atoms with van der Waals surface area (Å²) in [5.74, 6) is 0.204. The molecule has 0 bridgehead atoms. The maximum atomic E-state index is 13.2. The van der Waals surface area contributed by atoms with Gasteiger partial charge in [0.25, 0.3) is 17.7 Å². The van der Waals surface area contributed by atoms with E-state index >= 15 is 0 Å². The number of para-hydroxylation sites is 2. The molecule has 12 aromatic carbocycles. The molecule has 17 rings (SSSR count). The summed E-state index contributed by atoms with van der Waals surface area (Å²) in [5.41, 5.74) is 18.1. The Balaban J connectivity index is 0.000000115. The molecule has 0 fully saturated rings. The molecule has 5 N–H and O–H groups in total. The lowest BCUT2D eigenvalue weighted by Gasteiger charge is -2.13.